The van der Waals surface area contributed by atoms with Gasteiger partial charge in [0.2, 0.25) is 0 Å². The van der Waals surface area contributed by atoms with Crippen LogP contribution in [-0.4, -0.2) is 23.8 Å². The van der Waals surface area contributed by atoms with E-state index in [0.717, 1.165) is 32.2 Å². The van der Waals surface area contributed by atoms with Crippen LogP contribution in [0.5, 0.6) is 0 Å². The maximum atomic E-state index is 10.2. The van der Waals surface area contributed by atoms with E-state index in [1.165, 1.54) is 11.1 Å². The molecule has 1 fully saturated rings. The molecule has 1 aliphatic carbocycles. The van der Waals surface area contributed by atoms with E-state index in [0.29, 0.717) is 6.54 Å². The van der Waals surface area contributed by atoms with Gasteiger partial charge in [-0.3, -0.25) is 0 Å². The number of hydrogen-bond acceptors (Lipinski definition) is 2. The van der Waals surface area contributed by atoms with E-state index in [4.69, 9.17) is 0 Å². The molecule has 0 spiro atoms. The molecule has 0 aromatic heterocycles. The molecule has 1 aliphatic rings. The minimum atomic E-state index is -0.451. The number of hydrogen-bond donors (Lipinski definition) is 2. The minimum absolute atomic E-state index is 0.451. The zero-order valence-corrected chi connectivity index (χ0v) is 11.2. The van der Waals surface area contributed by atoms with Gasteiger partial charge in [-0.15, -0.1) is 0 Å². The molecule has 2 nitrogen and oxygen atoms in total. The molecule has 0 aliphatic heterocycles. The van der Waals surface area contributed by atoms with Crippen LogP contribution in [0.1, 0.15) is 38.2 Å². The second kappa shape index (κ2) is 6.17. The van der Waals surface area contributed by atoms with Crippen LogP contribution in [0.3, 0.4) is 0 Å². The van der Waals surface area contributed by atoms with E-state index < -0.39 is 5.60 Å². The molecule has 1 aromatic rings. The number of aliphatic hydroxyl groups is 1. The summed E-state index contributed by atoms with van der Waals surface area (Å²) in [6.45, 7) is 3.68. The number of nitrogens with one attached hydrogen (secondary N) is 1. The van der Waals surface area contributed by atoms with Crippen LogP contribution in [0, 0.1) is 0 Å². The third-order valence-electron chi connectivity index (χ3n) is 3.60. The molecule has 2 N–H and O–H groups in total. The van der Waals surface area contributed by atoms with Gasteiger partial charge in [0.25, 0.3) is 0 Å². The predicted molar refractivity (Wildman–Crippen MR) is 76.4 cm³/mol. The summed E-state index contributed by atoms with van der Waals surface area (Å²) < 4.78 is 0. The lowest BCUT2D eigenvalue weighted by molar-refractivity contribution is 0.0486. The monoisotopic (exact) mass is 245 g/mol. The van der Waals surface area contributed by atoms with Gasteiger partial charge >= 0.3 is 0 Å². The lowest BCUT2D eigenvalue weighted by Crippen LogP contribution is -2.38. The molecule has 1 aromatic carbocycles. The van der Waals surface area contributed by atoms with Crippen molar-refractivity contribution in [1.82, 2.24) is 5.32 Å². The van der Waals surface area contributed by atoms with Crippen molar-refractivity contribution >= 4 is 6.08 Å². The quantitative estimate of drug-likeness (QED) is 0.836. The normalized spacial score (nSPS) is 19.1. The smallest absolute Gasteiger partial charge is 0.0771 e. The molecule has 98 valence electrons. The van der Waals surface area contributed by atoms with Gasteiger partial charge in [-0.05, 0) is 25.3 Å². The highest BCUT2D eigenvalue weighted by Crippen LogP contribution is 2.28. The standard InChI is InChI=1S/C16H23NO/c1-14(11-15-7-3-2-4-8-15)12-17-13-16(18)9-5-6-10-16/h2-4,7-8,11,17-18H,5-6,9-10,12-13H2,1H3/b14-11-. The average Bonchev–Trinajstić information content (AvgIpc) is 2.77. The van der Waals surface area contributed by atoms with Crippen molar-refractivity contribution in [2.24, 2.45) is 0 Å². The molecule has 0 radical (unpaired) electrons. The van der Waals surface area contributed by atoms with Gasteiger partial charge in [0, 0.05) is 13.1 Å². The van der Waals surface area contributed by atoms with Gasteiger partial charge in [-0.25, -0.2) is 0 Å². The SMILES string of the molecule is C/C(=C/c1ccccc1)CNCC1(O)CCCC1. The first-order valence-corrected chi connectivity index (χ1v) is 6.83. The zero-order chi connectivity index (χ0) is 12.8. The fraction of sp³-hybridized carbons (Fsp3) is 0.500. The molecule has 2 heteroatoms. The van der Waals surface area contributed by atoms with Crippen molar-refractivity contribution in [1.29, 1.82) is 0 Å². The Hall–Kier alpha value is -1.12. The highest BCUT2D eigenvalue weighted by Gasteiger charge is 2.30. The third kappa shape index (κ3) is 3.97. The summed E-state index contributed by atoms with van der Waals surface area (Å²) >= 11 is 0. The lowest BCUT2D eigenvalue weighted by Gasteiger charge is -2.22. The topological polar surface area (TPSA) is 32.3 Å². The molecule has 0 heterocycles. The largest absolute Gasteiger partial charge is 0.389 e. The molecule has 0 unspecified atom stereocenters. The molecule has 2 rings (SSSR count). The summed E-state index contributed by atoms with van der Waals surface area (Å²) in [5.41, 5.74) is 2.08. The Bertz CT molecular complexity index is 391. The van der Waals surface area contributed by atoms with E-state index >= 15 is 0 Å². The van der Waals surface area contributed by atoms with Gasteiger partial charge in [0.15, 0.2) is 0 Å². The summed E-state index contributed by atoms with van der Waals surface area (Å²) in [4.78, 5) is 0. The van der Waals surface area contributed by atoms with Crippen LogP contribution in [0.4, 0.5) is 0 Å². The molecule has 0 saturated heterocycles. The Morgan fingerprint density at radius 3 is 2.61 bits per heavy atom. The van der Waals surface area contributed by atoms with Crippen molar-refractivity contribution < 1.29 is 5.11 Å². The van der Waals surface area contributed by atoms with Crippen molar-refractivity contribution in [2.75, 3.05) is 13.1 Å². The highest BCUT2D eigenvalue weighted by atomic mass is 16.3. The Balaban J connectivity index is 1.78. The van der Waals surface area contributed by atoms with Crippen LogP contribution in [0.25, 0.3) is 6.08 Å². The van der Waals surface area contributed by atoms with Crippen LogP contribution >= 0.6 is 0 Å². The Labute approximate surface area is 110 Å². The van der Waals surface area contributed by atoms with Crippen molar-refractivity contribution in [3.05, 3.63) is 41.5 Å². The predicted octanol–water partition coefficient (Wildman–Crippen LogP) is 2.98. The van der Waals surface area contributed by atoms with Crippen LogP contribution < -0.4 is 5.32 Å². The maximum absolute atomic E-state index is 10.2. The summed E-state index contributed by atoms with van der Waals surface area (Å²) in [5.74, 6) is 0. The van der Waals surface area contributed by atoms with Crippen molar-refractivity contribution in [2.45, 2.75) is 38.2 Å². The number of benzene rings is 1. The van der Waals surface area contributed by atoms with Gasteiger partial charge in [0.05, 0.1) is 5.60 Å². The third-order valence-corrected chi connectivity index (χ3v) is 3.60. The van der Waals surface area contributed by atoms with E-state index in [1.54, 1.807) is 0 Å². The summed E-state index contributed by atoms with van der Waals surface area (Å²) in [6, 6.07) is 10.3. The van der Waals surface area contributed by atoms with E-state index in [2.05, 4.69) is 30.4 Å². The van der Waals surface area contributed by atoms with Crippen molar-refractivity contribution in [3.8, 4) is 0 Å². The summed E-state index contributed by atoms with van der Waals surface area (Å²) in [7, 11) is 0. The molecular weight excluding hydrogens is 222 g/mol. The van der Waals surface area contributed by atoms with Gasteiger partial charge < -0.3 is 10.4 Å². The van der Waals surface area contributed by atoms with Crippen molar-refractivity contribution in [3.63, 3.8) is 0 Å². The summed E-state index contributed by atoms with van der Waals surface area (Å²) in [6.07, 6.45) is 6.41. The molecule has 0 atom stereocenters. The van der Waals surface area contributed by atoms with Crippen LogP contribution in [0.15, 0.2) is 35.9 Å². The maximum Gasteiger partial charge on any atom is 0.0771 e. The second-order valence-corrected chi connectivity index (χ2v) is 5.44. The Morgan fingerprint density at radius 1 is 1.28 bits per heavy atom. The Kier molecular flexibility index (Phi) is 4.56. The molecular formula is C16H23NO. The first kappa shape index (κ1) is 13.3. The fourth-order valence-corrected chi connectivity index (χ4v) is 2.59. The number of rotatable bonds is 5. The van der Waals surface area contributed by atoms with E-state index in [-0.39, 0.29) is 0 Å². The van der Waals surface area contributed by atoms with Gasteiger partial charge in [-0.2, -0.15) is 0 Å². The van der Waals surface area contributed by atoms with Crippen LogP contribution in [-0.2, 0) is 0 Å². The highest BCUT2D eigenvalue weighted by molar-refractivity contribution is 5.52. The van der Waals surface area contributed by atoms with Crippen LogP contribution in [0.2, 0.25) is 0 Å². The zero-order valence-electron chi connectivity index (χ0n) is 11.2. The van der Waals surface area contributed by atoms with Gasteiger partial charge in [-0.1, -0.05) is 54.8 Å². The lowest BCUT2D eigenvalue weighted by atomic mass is 10.0. The van der Waals surface area contributed by atoms with Gasteiger partial charge in [0.1, 0.15) is 0 Å². The molecule has 0 amide bonds. The average molecular weight is 245 g/mol. The minimum Gasteiger partial charge on any atom is -0.389 e. The molecule has 1 saturated carbocycles. The fourth-order valence-electron chi connectivity index (χ4n) is 2.59. The summed E-state index contributed by atoms with van der Waals surface area (Å²) in [5, 5.41) is 13.6. The first-order chi connectivity index (χ1) is 8.68. The van der Waals surface area contributed by atoms with E-state index in [9.17, 15) is 5.11 Å². The Morgan fingerprint density at radius 2 is 1.94 bits per heavy atom. The van der Waals surface area contributed by atoms with E-state index in [1.807, 2.05) is 18.2 Å². The second-order valence-electron chi connectivity index (χ2n) is 5.44. The molecule has 18 heavy (non-hydrogen) atoms. The first-order valence-electron chi connectivity index (χ1n) is 6.83. The molecule has 0 bridgehead atoms.